The highest BCUT2D eigenvalue weighted by molar-refractivity contribution is 7.13. The largest absolute Gasteiger partial charge is 0.309 e. The van der Waals surface area contributed by atoms with E-state index in [1.807, 2.05) is 0 Å². The highest BCUT2D eigenvalue weighted by Crippen LogP contribution is 2.31. The Morgan fingerprint density at radius 3 is 3.12 bits per heavy atom. The maximum absolute atomic E-state index is 4.45. The van der Waals surface area contributed by atoms with Crippen LogP contribution in [0.4, 0.5) is 0 Å². The smallest absolute Gasteiger partial charge is 0.105 e. The van der Waals surface area contributed by atoms with Crippen molar-refractivity contribution in [1.82, 2.24) is 15.5 Å². The Labute approximate surface area is 98.9 Å². The predicted octanol–water partition coefficient (Wildman–Crippen LogP) is 2.87. The quantitative estimate of drug-likeness (QED) is 0.837. The van der Waals surface area contributed by atoms with Crippen molar-refractivity contribution in [3.8, 4) is 10.6 Å². The van der Waals surface area contributed by atoms with Gasteiger partial charge in [-0.2, -0.15) is 5.10 Å². The molecule has 0 aliphatic carbocycles. The Hall–Kier alpha value is -1.13. The second-order valence-corrected chi connectivity index (χ2v) is 5.18. The number of thiophene rings is 1. The Morgan fingerprint density at radius 2 is 2.44 bits per heavy atom. The summed E-state index contributed by atoms with van der Waals surface area (Å²) < 4.78 is 0. The lowest BCUT2D eigenvalue weighted by atomic mass is 10.1. The first-order valence-corrected chi connectivity index (χ1v) is 6.56. The third kappa shape index (κ3) is 1.58. The van der Waals surface area contributed by atoms with Gasteiger partial charge in [-0.15, -0.1) is 11.3 Å². The molecule has 1 fully saturated rings. The molecule has 2 aromatic heterocycles. The molecular formula is C12H15N3S. The fourth-order valence-corrected chi connectivity index (χ4v) is 3.11. The van der Waals surface area contributed by atoms with Gasteiger partial charge in [-0.1, -0.05) is 6.07 Å². The zero-order valence-corrected chi connectivity index (χ0v) is 10.1. The van der Waals surface area contributed by atoms with Crippen LogP contribution in [-0.4, -0.2) is 16.7 Å². The topological polar surface area (TPSA) is 40.7 Å². The van der Waals surface area contributed by atoms with E-state index in [9.17, 15) is 0 Å². The van der Waals surface area contributed by atoms with E-state index in [2.05, 4.69) is 40.0 Å². The molecule has 3 nitrogen and oxygen atoms in total. The van der Waals surface area contributed by atoms with Crippen LogP contribution in [0, 0.1) is 6.92 Å². The zero-order chi connectivity index (χ0) is 11.0. The van der Waals surface area contributed by atoms with Gasteiger partial charge in [-0.05, 0) is 37.8 Å². The molecular weight excluding hydrogens is 218 g/mol. The second-order valence-electron chi connectivity index (χ2n) is 4.24. The Morgan fingerprint density at radius 1 is 1.50 bits per heavy atom. The van der Waals surface area contributed by atoms with Gasteiger partial charge in [0, 0.05) is 11.6 Å². The van der Waals surface area contributed by atoms with Gasteiger partial charge in [0.25, 0.3) is 0 Å². The van der Waals surface area contributed by atoms with Crippen molar-refractivity contribution in [3.05, 3.63) is 28.8 Å². The molecule has 1 saturated heterocycles. The maximum Gasteiger partial charge on any atom is 0.105 e. The molecule has 4 heteroatoms. The van der Waals surface area contributed by atoms with E-state index in [4.69, 9.17) is 0 Å². The minimum absolute atomic E-state index is 0.473. The second kappa shape index (κ2) is 4.03. The monoisotopic (exact) mass is 233 g/mol. The molecule has 0 spiro atoms. The molecule has 0 radical (unpaired) electrons. The minimum Gasteiger partial charge on any atom is -0.309 e. The minimum atomic E-state index is 0.473. The van der Waals surface area contributed by atoms with Crippen molar-refractivity contribution in [1.29, 1.82) is 0 Å². The molecule has 1 aliphatic heterocycles. The van der Waals surface area contributed by atoms with Crippen LogP contribution in [-0.2, 0) is 0 Å². The van der Waals surface area contributed by atoms with E-state index < -0.39 is 0 Å². The summed E-state index contributed by atoms with van der Waals surface area (Å²) in [5, 5.41) is 13.2. The van der Waals surface area contributed by atoms with Gasteiger partial charge in [-0.25, -0.2) is 0 Å². The lowest BCUT2D eigenvalue weighted by molar-refractivity contribution is 0.622. The molecule has 16 heavy (non-hydrogen) atoms. The van der Waals surface area contributed by atoms with Crippen LogP contribution in [0.25, 0.3) is 10.6 Å². The molecule has 0 amide bonds. The van der Waals surface area contributed by atoms with Crippen LogP contribution < -0.4 is 5.32 Å². The first-order valence-electron chi connectivity index (χ1n) is 5.68. The van der Waals surface area contributed by atoms with Crippen LogP contribution in [0.2, 0.25) is 0 Å². The molecule has 84 valence electrons. The van der Waals surface area contributed by atoms with Crippen LogP contribution in [0.1, 0.15) is 30.1 Å². The normalized spacial score (nSPS) is 20.4. The summed E-state index contributed by atoms with van der Waals surface area (Å²) in [4.78, 5) is 1.25. The van der Waals surface area contributed by atoms with Gasteiger partial charge in [-0.3, -0.25) is 5.10 Å². The zero-order valence-electron chi connectivity index (χ0n) is 9.29. The fourth-order valence-electron chi connectivity index (χ4n) is 2.33. The van der Waals surface area contributed by atoms with E-state index in [1.165, 1.54) is 29.0 Å². The number of rotatable bonds is 2. The highest BCUT2D eigenvalue weighted by Gasteiger charge is 2.22. The molecule has 1 aliphatic rings. The van der Waals surface area contributed by atoms with Gasteiger partial charge in [0.05, 0.1) is 10.6 Å². The van der Waals surface area contributed by atoms with Gasteiger partial charge in [0.1, 0.15) is 5.69 Å². The van der Waals surface area contributed by atoms with Crippen molar-refractivity contribution in [2.45, 2.75) is 25.8 Å². The number of H-pyrrole nitrogens is 1. The van der Waals surface area contributed by atoms with Crippen LogP contribution in [0.3, 0.4) is 0 Å². The Balaban J connectivity index is 1.97. The summed E-state index contributed by atoms with van der Waals surface area (Å²) >= 11 is 1.74. The van der Waals surface area contributed by atoms with E-state index in [0.717, 1.165) is 12.2 Å². The molecule has 0 saturated carbocycles. The summed E-state index contributed by atoms with van der Waals surface area (Å²) in [5.41, 5.74) is 3.67. The average Bonchev–Trinajstić information content (AvgIpc) is 2.96. The number of hydrogen-bond donors (Lipinski definition) is 2. The molecule has 0 aromatic carbocycles. The Bertz CT molecular complexity index is 466. The Kier molecular flexibility index (Phi) is 2.53. The summed E-state index contributed by atoms with van der Waals surface area (Å²) in [6.07, 6.45) is 2.48. The van der Waals surface area contributed by atoms with Crippen molar-refractivity contribution >= 4 is 11.3 Å². The number of aromatic amines is 1. The summed E-state index contributed by atoms with van der Waals surface area (Å²) in [6, 6.07) is 4.67. The summed E-state index contributed by atoms with van der Waals surface area (Å²) in [6.45, 7) is 3.28. The SMILES string of the molecule is Cc1c(-c2cccs2)n[nH]c1C1CCCN1. The molecule has 3 rings (SSSR count). The first kappa shape index (κ1) is 10.1. The van der Waals surface area contributed by atoms with Gasteiger partial charge >= 0.3 is 0 Å². The van der Waals surface area contributed by atoms with Crippen molar-refractivity contribution in [2.75, 3.05) is 6.54 Å². The van der Waals surface area contributed by atoms with Crippen LogP contribution in [0.15, 0.2) is 17.5 Å². The van der Waals surface area contributed by atoms with E-state index in [-0.39, 0.29) is 0 Å². The van der Waals surface area contributed by atoms with Crippen molar-refractivity contribution < 1.29 is 0 Å². The lowest BCUT2D eigenvalue weighted by Gasteiger charge is -2.08. The number of nitrogens with one attached hydrogen (secondary N) is 2. The van der Waals surface area contributed by atoms with Gasteiger partial charge < -0.3 is 5.32 Å². The average molecular weight is 233 g/mol. The molecule has 3 heterocycles. The molecule has 1 atom stereocenters. The molecule has 2 aromatic rings. The maximum atomic E-state index is 4.45. The van der Waals surface area contributed by atoms with E-state index >= 15 is 0 Å². The third-order valence-electron chi connectivity index (χ3n) is 3.21. The van der Waals surface area contributed by atoms with Crippen molar-refractivity contribution in [2.24, 2.45) is 0 Å². The van der Waals surface area contributed by atoms with E-state index in [1.54, 1.807) is 11.3 Å². The third-order valence-corrected chi connectivity index (χ3v) is 4.09. The summed E-state index contributed by atoms with van der Waals surface area (Å²) in [5.74, 6) is 0. The van der Waals surface area contributed by atoms with E-state index in [0.29, 0.717) is 6.04 Å². The van der Waals surface area contributed by atoms with Gasteiger partial charge in [0.15, 0.2) is 0 Å². The van der Waals surface area contributed by atoms with Crippen molar-refractivity contribution in [3.63, 3.8) is 0 Å². The lowest BCUT2D eigenvalue weighted by Crippen LogP contribution is -2.14. The first-order chi connectivity index (χ1) is 7.86. The van der Waals surface area contributed by atoms with Gasteiger partial charge in [0.2, 0.25) is 0 Å². The number of hydrogen-bond acceptors (Lipinski definition) is 3. The number of nitrogens with zero attached hydrogens (tertiary/aromatic N) is 1. The number of aromatic nitrogens is 2. The van der Waals surface area contributed by atoms with Crippen LogP contribution >= 0.6 is 11.3 Å². The fraction of sp³-hybridized carbons (Fsp3) is 0.417. The standard InChI is InChI=1S/C12H15N3S/c1-8-11(9-4-2-6-13-9)14-15-12(8)10-5-3-7-16-10/h3,5,7,9,13H,2,4,6H2,1H3,(H,14,15). The molecule has 1 unspecified atom stereocenters. The predicted molar refractivity (Wildman–Crippen MR) is 66.6 cm³/mol. The molecule has 0 bridgehead atoms. The summed E-state index contributed by atoms with van der Waals surface area (Å²) in [7, 11) is 0. The van der Waals surface area contributed by atoms with Crippen LogP contribution in [0.5, 0.6) is 0 Å². The highest BCUT2D eigenvalue weighted by atomic mass is 32.1. The molecule has 2 N–H and O–H groups in total.